The number of fused-ring (bicyclic) bond motifs is 6. The fourth-order valence-corrected chi connectivity index (χ4v) is 5.34. The van der Waals surface area contributed by atoms with Crippen LogP contribution >= 0.6 is 0 Å². The molecule has 2 atom stereocenters. The third kappa shape index (κ3) is 3.11. The van der Waals surface area contributed by atoms with E-state index >= 15 is 0 Å². The number of carbonyl (C=O) groups excluding carboxylic acids is 1. The number of aliphatic hydroxyl groups is 1. The maximum atomic E-state index is 13.5. The fraction of sp³-hybridized carbons (Fsp3) is 0.423. The van der Waals surface area contributed by atoms with E-state index in [0.717, 1.165) is 34.9 Å². The average molecular weight is 478 g/mol. The van der Waals surface area contributed by atoms with E-state index in [4.69, 9.17) is 19.2 Å². The molecular formula is C26H27N3O6. The summed E-state index contributed by atoms with van der Waals surface area (Å²) in [5, 5.41) is 15.4. The number of aryl methyl sites for hydroxylation is 1. The van der Waals surface area contributed by atoms with Crippen LogP contribution in [0.15, 0.2) is 23.0 Å². The lowest BCUT2D eigenvalue weighted by Gasteiger charge is -2.31. The molecule has 2 N–H and O–H groups in total. The van der Waals surface area contributed by atoms with Crippen LogP contribution in [0, 0.1) is 0 Å². The molecule has 182 valence electrons. The van der Waals surface area contributed by atoms with Gasteiger partial charge in [0.15, 0.2) is 17.1 Å². The number of pyridine rings is 2. The van der Waals surface area contributed by atoms with Gasteiger partial charge in [0.1, 0.15) is 6.61 Å². The molecule has 2 aromatic heterocycles. The highest BCUT2D eigenvalue weighted by atomic mass is 16.7. The molecular weight excluding hydrogens is 450 g/mol. The van der Waals surface area contributed by atoms with Crippen molar-refractivity contribution in [2.24, 2.45) is 0 Å². The van der Waals surface area contributed by atoms with E-state index in [1.807, 2.05) is 19.2 Å². The minimum atomic E-state index is -1.85. The second kappa shape index (κ2) is 7.79. The van der Waals surface area contributed by atoms with E-state index < -0.39 is 11.6 Å². The summed E-state index contributed by atoms with van der Waals surface area (Å²) in [5.41, 5.74) is 2.68. The minimum Gasteiger partial charge on any atom is -0.458 e. The Kier molecular flexibility index (Phi) is 4.91. The van der Waals surface area contributed by atoms with Crippen molar-refractivity contribution < 1.29 is 24.1 Å². The quantitative estimate of drug-likeness (QED) is 0.422. The summed E-state index contributed by atoms with van der Waals surface area (Å²) in [6.07, 6.45) is 1.79. The second-order valence-corrected chi connectivity index (χ2v) is 9.47. The summed E-state index contributed by atoms with van der Waals surface area (Å²) in [4.78, 5) is 31.0. The van der Waals surface area contributed by atoms with E-state index in [0.29, 0.717) is 46.6 Å². The highest BCUT2D eigenvalue weighted by Crippen LogP contribution is 2.43. The molecule has 9 heteroatoms. The van der Waals surface area contributed by atoms with Gasteiger partial charge in [-0.05, 0) is 50.9 Å². The molecule has 0 spiro atoms. The molecule has 0 saturated heterocycles. The highest BCUT2D eigenvalue weighted by molar-refractivity contribution is 5.91. The molecule has 6 rings (SSSR count). The molecule has 0 fully saturated rings. The lowest BCUT2D eigenvalue weighted by molar-refractivity contribution is -0.172. The van der Waals surface area contributed by atoms with Crippen LogP contribution in [0.2, 0.25) is 0 Å². The Balaban J connectivity index is 1.60. The Morgan fingerprint density at radius 2 is 1.94 bits per heavy atom. The van der Waals surface area contributed by atoms with E-state index in [1.54, 1.807) is 17.6 Å². The van der Waals surface area contributed by atoms with Gasteiger partial charge in [0, 0.05) is 28.6 Å². The van der Waals surface area contributed by atoms with Crippen molar-refractivity contribution in [3.8, 4) is 22.9 Å². The molecule has 5 heterocycles. The van der Waals surface area contributed by atoms with Crippen LogP contribution < -0.4 is 20.3 Å². The maximum absolute atomic E-state index is 13.5. The second-order valence-electron chi connectivity index (χ2n) is 9.47. The van der Waals surface area contributed by atoms with E-state index in [9.17, 15) is 14.7 Å². The van der Waals surface area contributed by atoms with Crippen LogP contribution in [0.4, 0.5) is 0 Å². The van der Waals surface area contributed by atoms with Gasteiger partial charge in [-0.15, -0.1) is 0 Å². The van der Waals surface area contributed by atoms with Crippen molar-refractivity contribution in [3.63, 3.8) is 0 Å². The SMILES string of the molecule is CC[C@@]1(O)C(=O)OCc2c1cc1n(c2=O)Cc2c-1nc1cc3c(cc1c2CC[C@@H](C)NC)OCO3. The van der Waals surface area contributed by atoms with Crippen LogP contribution in [0.25, 0.3) is 22.3 Å². The third-order valence-electron chi connectivity index (χ3n) is 7.62. The predicted octanol–water partition coefficient (Wildman–Crippen LogP) is 2.35. The summed E-state index contributed by atoms with van der Waals surface area (Å²) in [7, 11) is 1.94. The minimum absolute atomic E-state index is 0.108. The topological polar surface area (TPSA) is 112 Å². The number of nitrogens with zero attached hydrogens (tertiary/aromatic N) is 2. The van der Waals surface area contributed by atoms with Gasteiger partial charge in [-0.1, -0.05) is 6.92 Å². The number of cyclic esters (lactones) is 1. The molecule has 0 bridgehead atoms. The number of ether oxygens (including phenoxy) is 3. The Labute approximate surface area is 201 Å². The molecule has 3 aliphatic heterocycles. The maximum Gasteiger partial charge on any atom is 0.343 e. The van der Waals surface area contributed by atoms with Gasteiger partial charge in [-0.3, -0.25) is 4.79 Å². The van der Waals surface area contributed by atoms with Crippen LogP contribution in [0.3, 0.4) is 0 Å². The first-order valence-corrected chi connectivity index (χ1v) is 11.9. The number of aromatic nitrogens is 2. The monoisotopic (exact) mass is 477 g/mol. The predicted molar refractivity (Wildman–Crippen MR) is 127 cm³/mol. The van der Waals surface area contributed by atoms with Gasteiger partial charge < -0.3 is 29.2 Å². The molecule has 0 radical (unpaired) electrons. The first-order valence-electron chi connectivity index (χ1n) is 11.9. The lowest BCUT2D eigenvalue weighted by Crippen LogP contribution is -2.44. The van der Waals surface area contributed by atoms with Gasteiger partial charge in [-0.25, -0.2) is 9.78 Å². The first kappa shape index (κ1) is 22.1. The third-order valence-corrected chi connectivity index (χ3v) is 7.62. The fourth-order valence-electron chi connectivity index (χ4n) is 5.34. The lowest BCUT2D eigenvalue weighted by atomic mass is 9.86. The van der Waals surface area contributed by atoms with Gasteiger partial charge >= 0.3 is 5.97 Å². The normalized spacial score (nSPS) is 20.4. The molecule has 0 aliphatic carbocycles. The van der Waals surface area contributed by atoms with Crippen molar-refractivity contribution in [3.05, 3.63) is 50.8 Å². The number of hydrogen-bond donors (Lipinski definition) is 2. The number of hydrogen-bond acceptors (Lipinski definition) is 8. The van der Waals surface area contributed by atoms with Crippen LogP contribution in [-0.4, -0.2) is 40.5 Å². The summed E-state index contributed by atoms with van der Waals surface area (Å²) in [6, 6.07) is 5.91. The largest absolute Gasteiger partial charge is 0.458 e. The zero-order chi connectivity index (χ0) is 24.5. The number of benzene rings is 1. The first-order chi connectivity index (χ1) is 16.9. The molecule has 9 nitrogen and oxygen atoms in total. The molecule has 1 aromatic carbocycles. The van der Waals surface area contributed by atoms with E-state index in [-0.39, 0.29) is 25.4 Å². The van der Waals surface area contributed by atoms with Crippen molar-refractivity contribution >= 4 is 16.9 Å². The summed E-state index contributed by atoms with van der Waals surface area (Å²) >= 11 is 0. The number of carbonyl (C=O) groups is 1. The van der Waals surface area contributed by atoms with Gasteiger partial charge in [0.2, 0.25) is 6.79 Å². The molecule has 3 aromatic rings. The smallest absolute Gasteiger partial charge is 0.343 e. The molecule has 35 heavy (non-hydrogen) atoms. The van der Waals surface area contributed by atoms with Gasteiger partial charge in [0.25, 0.3) is 5.56 Å². The zero-order valence-electron chi connectivity index (χ0n) is 19.9. The molecule has 0 unspecified atom stereocenters. The number of nitrogens with one attached hydrogen (secondary N) is 1. The van der Waals surface area contributed by atoms with Crippen LogP contribution in [0.1, 0.15) is 48.9 Å². The van der Waals surface area contributed by atoms with E-state index in [2.05, 4.69) is 12.2 Å². The standard InChI is InChI=1S/C26H27N3O6/c1-4-26(32)18-8-20-23-16(10-29(20)24(30)17(18)11-33-25(26)31)14(6-5-13(2)27-3)15-7-21-22(35-12-34-21)9-19(15)28-23/h7-9,13,27,32H,4-6,10-12H2,1-3H3/t13-,26+/m1/s1. The summed E-state index contributed by atoms with van der Waals surface area (Å²) in [5.74, 6) is 0.605. The van der Waals surface area contributed by atoms with E-state index in [1.165, 1.54) is 0 Å². The van der Waals surface area contributed by atoms with Crippen molar-refractivity contribution in [2.75, 3.05) is 13.8 Å². The van der Waals surface area contributed by atoms with Crippen LogP contribution in [0.5, 0.6) is 11.5 Å². The Bertz CT molecular complexity index is 1460. The zero-order valence-corrected chi connectivity index (χ0v) is 19.9. The number of rotatable bonds is 5. The van der Waals surface area contributed by atoms with Gasteiger partial charge in [-0.2, -0.15) is 0 Å². The summed E-state index contributed by atoms with van der Waals surface area (Å²) in [6.45, 7) is 4.23. The van der Waals surface area contributed by atoms with Gasteiger partial charge in [0.05, 0.1) is 29.0 Å². The van der Waals surface area contributed by atoms with Crippen molar-refractivity contribution in [1.82, 2.24) is 14.9 Å². The molecule has 0 amide bonds. The average Bonchev–Trinajstić information content (AvgIpc) is 3.47. The Hall–Kier alpha value is -3.43. The molecule has 3 aliphatic rings. The molecule has 0 saturated carbocycles. The van der Waals surface area contributed by atoms with Crippen molar-refractivity contribution in [1.29, 1.82) is 0 Å². The Morgan fingerprint density at radius 1 is 1.17 bits per heavy atom. The van der Waals surface area contributed by atoms with Crippen molar-refractivity contribution in [2.45, 2.75) is 57.9 Å². The summed E-state index contributed by atoms with van der Waals surface area (Å²) < 4.78 is 18.1. The number of esters is 1. The van der Waals surface area contributed by atoms with Crippen LogP contribution in [-0.2, 0) is 34.7 Å². The highest BCUT2D eigenvalue weighted by Gasteiger charge is 2.45. The Morgan fingerprint density at radius 3 is 2.69 bits per heavy atom.